The van der Waals surface area contributed by atoms with Gasteiger partial charge < -0.3 is 14.8 Å². The predicted molar refractivity (Wildman–Crippen MR) is 139 cm³/mol. The minimum atomic E-state index is -0.591. The smallest absolute Gasteiger partial charge is 0.271 e. The van der Waals surface area contributed by atoms with E-state index in [1.54, 1.807) is 12.1 Å². The topological polar surface area (TPSA) is 132 Å². The number of aryl methyl sites for hydroxylation is 1. The molecule has 3 aromatic carbocycles. The molecule has 0 saturated carbocycles. The number of nitro benzene ring substituents is 1. The standard InChI is InChI=1S/C24H21IN4O6/c1-15-6-3-4-9-20(15)27-22(30)14-35-23-19(25)10-16(11-21(23)34-2)13-26-28-24(31)17-7-5-8-18(12-17)29(32)33/h3-13H,14H2,1-2H3,(H,27,30)(H,28,31)/b26-13+. The largest absolute Gasteiger partial charge is 0.493 e. The van der Waals surface area contributed by atoms with Gasteiger partial charge in [-0.3, -0.25) is 19.7 Å². The first-order valence-corrected chi connectivity index (χ1v) is 11.3. The van der Waals surface area contributed by atoms with Crippen LogP contribution < -0.4 is 20.2 Å². The molecule has 0 bridgehead atoms. The highest BCUT2D eigenvalue weighted by Gasteiger charge is 2.14. The summed E-state index contributed by atoms with van der Waals surface area (Å²) < 4.78 is 11.8. The van der Waals surface area contributed by atoms with Gasteiger partial charge >= 0.3 is 0 Å². The molecule has 2 amide bonds. The Hall–Kier alpha value is -4.00. The van der Waals surface area contributed by atoms with Crippen LogP contribution in [0.2, 0.25) is 0 Å². The van der Waals surface area contributed by atoms with E-state index in [-0.39, 0.29) is 23.8 Å². The summed E-state index contributed by atoms with van der Waals surface area (Å²) in [4.78, 5) is 34.8. The fourth-order valence-electron chi connectivity index (χ4n) is 2.98. The summed E-state index contributed by atoms with van der Waals surface area (Å²) in [7, 11) is 1.47. The fourth-order valence-corrected chi connectivity index (χ4v) is 3.76. The normalized spacial score (nSPS) is 10.6. The molecule has 0 unspecified atom stereocenters. The highest BCUT2D eigenvalue weighted by Crippen LogP contribution is 2.33. The van der Waals surface area contributed by atoms with Gasteiger partial charge in [-0.15, -0.1) is 0 Å². The Kier molecular flexibility index (Phi) is 8.73. The van der Waals surface area contributed by atoms with Gasteiger partial charge in [0.05, 0.1) is 21.8 Å². The number of nitro groups is 1. The maximum absolute atomic E-state index is 12.3. The molecule has 3 aromatic rings. The Balaban J connectivity index is 1.64. The molecule has 2 N–H and O–H groups in total. The van der Waals surface area contributed by atoms with Crippen LogP contribution in [0.25, 0.3) is 0 Å². The van der Waals surface area contributed by atoms with Crippen molar-refractivity contribution in [2.24, 2.45) is 5.10 Å². The fraction of sp³-hybridized carbons (Fsp3) is 0.125. The molecule has 0 saturated heterocycles. The van der Waals surface area contributed by atoms with Gasteiger partial charge in [0.25, 0.3) is 17.5 Å². The number of nitrogens with zero attached hydrogens (tertiary/aromatic N) is 2. The lowest BCUT2D eigenvalue weighted by atomic mass is 10.2. The van der Waals surface area contributed by atoms with E-state index in [2.05, 4.69) is 15.8 Å². The molecule has 35 heavy (non-hydrogen) atoms. The zero-order chi connectivity index (χ0) is 25.4. The molecule has 10 nitrogen and oxygen atoms in total. The van der Waals surface area contributed by atoms with Crippen LogP contribution in [-0.2, 0) is 4.79 Å². The molecule has 0 aliphatic carbocycles. The molecule has 0 heterocycles. The van der Waals surface area contributed by atoms with Gasteiger partial charge in [0, 0.05) is 23.4 Å². The molecule has 0 radical (unpaired) electrons. The molecule has 0 aliphatic rings. The minimum absolute atomic E-state index is 0.108. The lowest BCUT2D eigenvalue weighted by Gasteiger charge is -2.14. The van der Waals surface area contributed by atoms with E-state index in [1.165, 1.54) is 31.5 Å². The van der Waals surface area contributed by atoms with Crippen molar-refractivity contribution in [1.29, 1.82) is 0 Å². The summed E-state index contributed by atoms with van der Waals surface area (Å²) in [6, 6.07) is 16.1. The van der Waals surface area contributed by atoms with Crippen molar-refractivity contribution >= 4 is 52.0 Å². The number of para-hydroxylation sites is 1. The maximum atomic E-state index is 12.3. The number of carbonyl (C=O) groups is 2. The summed E-state index contributed by atoms with van der Waals surface area (Å²) in [6.07, 6.45) is 1.40. The zero-order valence-corrected chi connectivity index (χ0v) is 20.9. The van der Waals surface area contributed by atoms with Crippen molar-refractivity contribution in [2.75, 3.05) is 19.0 Å². The number of non-ortho nitro benzene ring substituents is 1. The first-order chi connectivity index (χ1) is 16.8. The van der Waals surface area contributed by atoms with E-state index in [4.69, 9.17) is 9.47 Å². The second kappa shape index (κ2) is 11.9. The van der Waals surface area contributed by atoms with Crippen molar-refractivity contribution in [3.63, 3.8) is 0 Å². The zero-order valence-electron chi connectivity index (χ0n) is 18.8. The van der Waals surface area contributed by atoms with Crippen LogP contribution >= 0.6 is 22.6 Å². The number of hydrazone groups is 1. The van der Waals surface area contributed by atoms with Crippen molar-refractivity contribution in [2.45, 2.75) is 6.92 Å². The molecule has 11 heteroatoms. The van der Waals surface area contributed by atoms with E-state index < -0.39 is 10.8 Å². The molecular weight excluding hydrogens is 567 g/mol. The third-order valence-corrected chi connectivity index (χ3v) is 5.52. The number of hydrogen-bond donors (Lipinski definition) is 2. The second-order valence-electron chi connectivity index (χ2n) is 7.19. The van der Waals surface area contributed by atoms with Gasteiger partial charge in [0.15, 0.2) is 18.1 Å². The number of anilines is 1. The van der Waals surface area contributed by atoms with Gasteiger partial charge in [0.2, 0.25) is 0 Å². The number of halogens is 1. The van der Waals surface area contributed by atoms with Crippen molar-refractivity contribution in [3.05, 3.63) is 91.0 Å². The Morgan fingerprint density at radius 3 is 2.63 bits per heavy atom. The number of hydrogen-bond acceptors (Lipinski definition) is 7. The van der Waals surface area contributed by atoms with Crippen LogP contribution in [0.3, 0.4) is 0 Å². The first kappa shape index (κ1) is 25.6. The van der Waals surface area contributed by atoms with E-state index in [1.807, 2.05) is 53.8 Å². The van der Waals surface area contributed by atoms with Crippen LogP contribution in [0.5, 0.6) is 11.5 Å². The molecule has 3 rings (SSSR count). The Morgan fingerprint density at radius 2 is 1.91 bits per heavy atom. The Bertz CT molecular complexity index is 1290. The number of ether oxygens (including phenoxy) is 2. The molecular formula is C24H21IN4O6. The van der Waals surface area contributed by atoms with E-state index in [0.29, 0.717) is 26.3 Å². The number of carbonyl (C=O) groups excluding carboxylic acids is 2. The van der Waals surface area contributed by atoms with Crippen LogP contribution in [0, 0.1) is 20.6 Å². The molecule has 0 aromatic heterocycles. The SMILES string of the molecule is COc1cc(/C=N/NC(=O)c2cccc([N+](=O)[O-])c2)cc(I)c1OCC(=O)Nc1ccccc1C. The Labute approximate surface area is 214 Å². The first-order valence-electron chi connectivity index (χ1n) is 10.2. The summed E-state index contributed by atoms with van der Waals surface area (Å²) in [5.74, 6) is -0.129. The second-order valence-corrected chi connectivity index (χ2v) is 8.35. The summed E-state index contributed by atoms with van der Waals surface area (Å²) in [5.41, 5.74) is 4.50. The monoisotopic (exact) mass is 588 g/mol. The van der Waals surface area contributed by atoms with Crippen LogP contribution in [-0.4, -0.2) is 36.7 Å². The van der Waals surface area contributed by atoms with Crippen LogP contribution in [0.15, 0.2) is 65.8 Å². The van der Waals surface area contributed by atoms with Gasteiger partial charge in [-0.2, -0.15) is 5.10 Å². The number of nitrogens with one attached hydrogen (secondary N) is 2. The number of rotatable bonds is 9. The summed E-state index contributed by atoms with van der Waals surface area (Å²) in [6.45, 7) is 1.68. The van der Waals surface area contributed by atoms with Crippen LogP contribution in [0.1, 0.15) is 21.5 Å². The van der Waals surface area contributed by atoms with Crippen molar-refractivity contribution in [1.82, 2.24) is 5.43 Å². The predicted octanol–water partition coefficient (Wildman–Crippen LogP) is 4.30. The quantitative estimate of drug-likeness (QED) is 0.166. The van der Waals surface area contributed by atoms with E-state index in [0.717, 1.165) is 11.6 Å². The summed E-state index contributed by atoms with van der Waals surface area (Å²) in [5, 5.41) is 17.6. The van der Waals surface area contributed by atoms with Gasteiger partial charge in [-0.1, -0.05) is 24.3 Å². The average molecular weight is 588 g/mol. The minimum Gasteiger partial charge on any atom is -0.493 e. The highest BCUT2D eigenvalue weighted by atomic mass is 127. The van der Waals surface area contributed by atoms with Gasteiger partial charge in [0.1, 0.15) is 0 Å². The van der Waals surface area contributed by atoms with Gasteiger partial charge in [-0.05, 0) is 64.9 Å². The number of amides is 2. The summed E-state index contributed by atoms with van der Waals surface area (Å²) >= 11 is 2.05. The highest BCUT2D eigenvalue weighted by molar-refractivity contribution is 14.1. The number of benzene rings is 3. The third kappa shape index (κ3) is 6.99. The number of methoxy groups -OCH3 is 1. The van der Waals surface area contributed by atoms with E-state index in [9.17, 15) is 19.7 Å². The van der Waals surface area contributed by atoms with Crippen molar-refractivity contribution in [3.8, 4) is 11.5 Å². The molecule has 0 atom stereocenters. The molecule has 180 valence electrons. The average Bonchev–Trinajstić information content (AvgIpc) is 2.84. The van der Waals surface area contributed by atoms with Crippen LogP contribution in [0.4, 0.5) is 11.4 Å². The van der Waals surface area contributed by atoms with E-state index >= 15 is 0 Å². The molecule has 0 aliphatic heterocycles. The molecule has 0 fully saturated rings. The van der Waals surface area contributed by atoms with Crippen molar-refractivity contribution < 1.29 is 24.0 Å². The maximum Gasteiger partial charge on any atom is 0.271 e. The van der Waals surface area contributed by atoms with Gasteiger partial charge in [-0.25, -0.2) is 5.43 Å². The lowest BCUT2D eigenvalue weighted by Crippen LogP contribution is -2.21. The molecule has 0 spiro atoms. The Morgan fingerprint density at radius 1 is 1.14 bits per heavy atom. The third-order valence-electron chi connectivity index (χ3n) is 4.72. The lowest BCUT2D eigenvalue weighted by molar-refractivity contribution is -0.384.